The van der Waals surface area contributed by atoms with Gasteiger partial charge >= 0.3 is 0 Å². The van der Waals surface area contributed by atoms with Crippen molar-refractivity contribution in [1.29, 1.82) is 0 Å². The summed E-state index contributed by atoms with van der Waals surface area (Å²) in [5, 5.41) is 11.1. The van der Waals surface area contributed by atoms with Crippen LogP contribution in [0.15, 0.2) is 65.3 Å². The number of methoxy groups -OCH3 is 1. The lowest BCUT2D eigenvalue weighted by Crippen LogP contribution is -2.57. The lowest BCUT2D eigenvalue weighted by Gasteiger charge is -2.46. The second-order valence-electron chi connectivity index (χ2n) is 20.4. The molecule has 19 heteroatoms. The highest BCUT2D eigenvalue weighted by molar-refractivity contribution is 9.10. The summed E-state index contributed by atoms with van der Waals surface area (Å²) in [6.07, 6.45) is 9.14. The number of nitrogens with zero attached hydrogens (tertiary/aromatic N) is 8. The lowest BCUT2D eigenvalue weighted by atomic mass is 9.96. The molecule has 8 heterocycles. The second-order valence-corrected chi connectivity index (χ2v) is 24.4. The van der Waals surface area contributed by atoms with Crippen molar-refractivity contribution >= 4 is 97.4 Å². The molecule has 5 saturated heterocycles. The number of fused-ring (bicyclic) bond motifs is 2. The van der Waals surface area contributed by atoms with Gasteiger partial charge in [0.2, 0.25) is 17.8 Å². The number of aryl methyl sites for hydroxylation is 2. The molecule has 5 aromatic rings. The molecule has 73 heavy (non-hydrogen) atoms. The fourth-order valence-corrected chi connectivity index (χ4v) is 15.6. The van der Waals surface area contributed by atoms with Gasteiger partial charge in [0.1, 0.15) is 24.8 Å². The largest absolute Gasteiger partial charge is 0.494 e. The topological polar surface area (TPSA) is 186 Å². The van der Waals surface area contributed by atoms with Gasteiger partial charge in [0.05, 0.1) is 39.6 Å². The number of hydrogen-bond donors (Lipinski definition) is 3. The summed E-state index contributed by atoms with van der Waals surface area (Å²) in [7, 11) is -0.947. The maximum absolute atomic E-state index is 14.5. The molecule has 1 unspecified atom stereocenters. The number of imide groups is 2. The number of pyridine rings is 1. The molecule has 2 aromatic heterocycles. The molecule has 6 aliphatic rings. The molecular formula is C54H63BrN11O6P. The Morgan fingerprint density at radius 1 is 0.808 bits per heavy atom. The first kappa shape index (κ1) is 49.3. The number of anilines is 6. The maximum atomic E-state index is 14.5. The quantitative estimate of drug-likeness (QED) is 0.0742. The van der Waals surface area contributed by atoms with E-state index < -0.39 is 30.9 Å². The highest BCUT2D eigenvalue weighted by atomic mass is 79.9. The number of halogens is 1. The summed E-state index contributed by atoms with van der Waals surface area (Å²) in [6.45, 7) is 13.2. The zero-order chi connectivity index (χ0) is 50.5. The first-order chi connectivity index (χ1) is 35.4. The standard InChI is InChI=1S/C54H63BrN11O6P/c1-4-34-26-44(59-54-56-29-41(55)50(61-54)58-43-13-12-42-39(10-8-35(5-2)57-42)49(43)73(71)24-6-7-25-73)47(72-3)28-46(34)64-18-16-36(17-19-64)63-22-20-62(21-23-63)30-33-31-65(32-33)37-9-11-38-40(27-37)53(70)66(52(38)69)45-14-15-48(67)60-51(45)68/h8-13,26-29,33,36,45H,4-7,14-25,30-32H2,1-3H3,(H,60,67,68)(H2,56,58,59,61). The summed E-state index contributed by atoms with van der Waals surface area (Å²) >= 11 is 3.68. The van der Waals surface area contributed by atoms with Crippen LogP contribution in [0.5, 0.6) is 5.75 Å². The van der Waals surface area contributed by atoms with E-state index in [1.54, 1.807) is 25.4 Å². The van der Waals surface area contributed by atoms with Crippen molar-refractivity contribution in [3.05, 3.63) is 87.7 Å². The minimum atomic E-state index is -2.65. The van der Waals surface area contributed by atoms with Gasteiger partial charge in [0, 0.05) is 130 Å². The van der Waals surface area contributed by atoms with Crippen LogP contribution in [-0.2, 0) is 27.0 Å². The van der Waals surface area contributed by atoms with Crippen molar-refractivity contribution in [2.45, 2.75) is 77.3 Å². The SMILES string of the molecule is CCc1ccc2c(P3(=O)CCCC3)c(Nc3nc(Nc4cc(CC)c(N5CCC(N6CCN(CC7CN(c8ccc9c(c8)C(=O)N(C8CCC(=O)NC8=O)C9=O)C7)CC6)CC5)cc4OC)ncc3Br)ccc2n1. The van der Waals surface area contributed by atoms with Crippen molar-refractivity contribution in [2.75, 3.05) is 98.8 Å². The van der Waals surface area contributed by atoms with Crippen LogP contribution in [-0.4, -0.2) is 144 Å². The zero-order valence-electron chi connectivity index (χ0n) is 41.8. The van der Waals surface area contributed by atoms with Crippen LogP contribution in [0.1, 0.15) is 84.3 Å². The van der Waals surface area contributed by atoms with Gasteiger partial charge in [-0.25, -0.2) is 4.98 Å². The van der Waals surface area contributed by atoms with Crippen LogP contribution < -0.4 is 35.8 Å². The Morgan fingerprint density at radius 3 is 2.30 bits per heavy atom. The summed E-state index contributed by atoms with van der Waals surface area (Å²) in [6, 6.07) is 17.4. The van der Waals surface area contributed by atoms with E-state index in [0.717, 1.165) is 141 Å². The number of aromatic nitrogens is 3. The van der Waals surface area contributed by atoms with Gasteiger partial charge in [0.15, 0.2) is 0 Å². The molecule has 0 aliphatic carbocycles. The van der Waals surface area contributed by atoms with E-state index in [9.17, 15) is 23.7 Å². The molecule has 11 rings (SSSR count). The number of rotatable bonds is 14. The first-order valence-electron chi connectivity index (χ1n) is 26.0. The molecule has 5 fully saturated rings. The normalized spacial score (nSPS) is 20.9. The van der Waals surface area contributed by atoms with E-state index in [1.807, 2.05) is 24.3 Å². The predicted octanol–water partition coefficient (Wildman–Crippen LogP) is 7.31. The number of piperidine rings is 2. The third-order valence-corrected chi connectivity index (χ3v) is 19.9. The van der Waals surface area contributed by atoms with Crippen LogP contribution in [0.3, 0.4) is 0 Å². The number of carbonyl (C=O) groups excluding carboxylic acids is 4. The molecule has 3 aromatic carbocycles. The van der Waals surface area contributed by atoms with Crippen LogP contribution in [0.4, 0.5) is 34.5 Å². The van der Waals surface area contributed by atoms with Gasteiger partial charge in [-0.15, -0.1) is 0 Å². The Morgan fingerprint density at radius 2 is 1.58 bits per heavy atom. The highest BCUT2D eigenvalue weighted by Crippen LogP contribution is 2.54. The average molecular weight is 1070 g/mol. The fraction of sp³-hybridized carbons (Fsp3) is 0.463. The van der Waals surface area contributed by atoms with Gasteiger partial charge in [0.25, 0.3) is 11.8 Å². The molecule has 6 aliphatic heterocycles. The van der Waals surface area contributed by atoms with Crippen LogP contribution in [0, 0.1) is 5.92 Å². The molecule has 1 atom stereocenters. The van der Waals surface area contributed by atoms with Crippen LogP contribution in [0.2, 0.25) is 0 Å². The third-order valence-electron chi connectivity index (χ3n) is 16.0. The number of piperazine rings is 1. The van der Waals surface area contributed by atoms with E-state index in [0.29, 0.717) is 57.4 Å². The molecule has 4 amide bonds. The summed E-state index contributed by atoms with van der Waals surface area (Å²) in [4.78, 5) is 76.3. The summed E-state index contributed by atoms with van der Waals surface area (Å²) in [5.41, 5.74) is 7.40. The molecule has 0 spiro atoms. The third kappa shape index (κ3) is 9.60. The minimum absolute atomic E-state index is 0.0968. The Kier molecular flexibility index (Phi) is 13.8. The molecular weight excluding hydrogens is 1010 g/mol. The molecule has 3 N–H and O–H groups in total. The van der Waals surface area contributed by atoms with Crippen molar-refractivity contribution < 1.29 is 28.5 Å². The number of nitrogens with one attached hydrogen (secondary N) is 3. The van der Waals surface area contributed by atoms with E-state index in [1.165, 1.54) is 11.3 Å². The number of amides is 4. The molecule has 382 valence electrons. The number of carbonyl (C=O) groups is 4. The lowest BCUT2D eigenvalue weighted by molar-refractivity contribution is -0.136. The summed E-state index contributed by atoms with van der Waals surface area (Å²) in [5.74, 6) is 0.275. The predicted molar refractivity (Wildman–Crippen MR) is 288 cm³/mol. The Balaban J connectivity index is 0.680. The van der Waals surface area contributed by atoms with E-state index >= 15 is 0 Å². The summed E-state index contributed by atoms with van der Waals surface area (Å²) < 4.78 is 21.3. The smallest absolute Gasteiger partial charge is 0.262 e. The van der Waals surface area contributed by atoms with E-state index in [-0.39, 0.29) is 18.7 Å². The Hall–Kier alpha value is -5.94. The average Bonchev–Trinajstić information content (AvgIpc) is 3.94. The molecule has 0 saturated carbocycles. The van der Waals surface area contributed by atoms with Crippen molar-refractivity contribution in [2.24, 2.45) is 5.92 Å². The van der Waals surface area contributed by atoms with Crippen molar-refractivity contribution in [3.8, 4) is 5.75 Å². The van der Waals surface area contributed by atoms with Gasteiger partial charge in [-0.05, 0) is 109 Å². The first-order valence-corrected chi connectivity index (χ1v) is 28.9. The maximum Gasteiger partial charge on any atom is 0.262 e. The van der Waals surface area contributed by atoms with Crippen LogP contribution in [0.25, 0.3) is 10.9 Å². The Bertz CT molecular complexity index is 3050. The minimum Gasteiger partial charge on any atom is -0.494 e. The van der Waals surface area contributed by atoms with Gasteiger partial charge < -0.3 is 34.6 Å². The monoisotopic (exact) mass is 1070 g/mol. The molecule has 0 radical (unpaired) electrons. The van der Waals surface area contributed by atoms with E-state index in [4.69, 9.17) is 14.7 Å². The highest BCUT2D eigenvalue weighted by Gasteiger charge is 2.45. The van der Waals surface area contributed by atoms with Crippen molar-refractivity contribution in [1.82, 2.24) is 35.0 Å². The van der Waals surface area contributed by atoms with Crippen molar-refractivity contribution in [3.63, 3.8) is 0 Å². The molecule has 0 bridgehead atoms. The zero-order valence-corrected chi connectivity index (χ0v) is 44.3. The number of ether oxygens (including phenoxy) is 1. The van der Waals surface area contributed by atoms with Gasteiger partial charge in [-0.3, -0.25) is 39.3 Å². The molecule has 17 nitrogen and oxygen atoms in total. The fourth-order valence-electron chi connectivity index (χ4n) is 12.0. The Labute approximate surface area is 434 Å². The number of hydrogen-bond acceptors (Lipinski definition) is 15. The number of benzene rings is 3. The van der Waals surface area contributed by atoms with Crippen LogP contribution >= 0.6 is 23.1 Å². The second kappa shape index (κ2) is 20.4. The van der Waals surface area contributed by atoms with Gasteiger partial charge in [-0.1, -0.05) is 19.9 Å². The van der Waals surface area contributed by atoms with Gasteiger partial charge in [-0.2, -0.15) is 4.98 Å². The van der Waals surface area contributed by atoms with E-state index in [2.05, 4.69) is 88.5 Å².